The molecule has 0 unspecified atom stereocenters. The maximum absolute atomic E-state index is 12.6. The summed E-state index contributed by atoms with van der Waals surface area (Å²) in [5, 5.41) is 3.18. The molecule has 4 nitrogen and oxygen atoms in total. The van der Waals surface area contributed by atoms with Gasteiger partial charge in [-0.25, -0.2) is 0 Å². The van der Waals surface area contributed by atoms with Gasteiger partial charge in [0, 0.05) is 11.5 Å². The molecule has 1 saturated carbocycles. The minimum atomic E-state index is -0.467. The van der Waals surface area contributed by atoms with Gasteiger partial charge in [0.1, 0.15) is 5.75 Å². The third-order valence-electron chi connectivity index (χ3n) is 4.51. The van der Waals surface area contributed by atoms with Crippen molar-refractivity contribution in [1.29, 1.82) is 0 Å². The Labute approximate surface area is 139 Å². The van der Waals surface area contributed by atoms with Crippen LogP contribution in [0, 0.1) is 11.8 Å². The van der Waals surface area contributed by atoms with Crippen LogP contribution >= 0.6 is 12.4 Å². The van der Waals surface area contributed by atoms with Crippen LogP contribution in [0.5, 0.6) is 5.75 Å². The minimum absolute atomic E-state index is 0. The van der Waals surface area contributed by atoms with Crippen LogP contribution in [0.1, 0.15) is 38.7 Å². The van der Waals surface area contributed by atoms with Crippen molar-refractivity contribution in [2.45, 2.75) is 38.6 Å². The van der Waals surface area contributed by atoms with Crippen LogP contribution in [0.25, 0.3) is 0 Å². The summed E-state index contributed by atoms with van der Waals surface area (Å²) in [5.74, 6) is 1.27. The van der Waals surface area contributed by atoms with E-state index >= 15 is 0 Å². The normalized spacial score (nSPS) is 21.1. The topological polar surface area (TPSA) is 64.3 Å². The molecule has 2 rings (SSSR count). The standard InChI is InChI=1S/C17H26N2O2.ClH/c1-17(2,14-9-4-5-10-15(14)21-3)19-16(20)13-8-6-7-12(13)11-18;/h4-5,9-10,12-13H,6-8,11,18H2,1-3H3,(H,19,20);1H/t12-,13-;/m1./s1. The van der Waals surface area contributed by atoms with Gasteiger partial charge in [0.05, 0.1) is 12.6 Å². The Morgan fingerprint density at radius 2 is 2.05 bits per heavy atom. The van der Waals surface area contributed by atoms with E-state index in [0.29, 0.717) is 12.5 Å². The van der Waals surface area contributed by atoms with Gasteiger partial charge in [-0.1, -0.05) is 24.6 Å². The lowest BCUT2D eigenvalue weighted by Crippen LogP contribution is -2.45. The van der Waals surface area contributed by atoms with Crippen molar-refractivity contribution in [2.75, 3.05) is 13.7 Å². The van der Waals surface area contributed by atoms with Gasteiger partial charge in [0.15, 0.2) is 0 Å². The van der Waals surface area contributed by atoms with Crippen LogP contribution in [0.4, 0.5) is 0 Å². The quantitative estimate of drug-likeness (QED) is 0.874. The molecule has 0 aliphatic heterocycles. The first-order valence-corrected chi connectivity index (χ1v) is 7.65. The average Bonchev–Trinajstić information content (AvgIpc) is 2.95. The Hall–Kier alpha value is -1.26. The van der Waals surface area contributed by atoms with Crippen LogP contribution in [-0.2, 0) is 10.3 Å². The van der Waals surface area contributed by atoms with Gasteiger partial charge in [-0.05, 0) is 45.2 Å². The number of methoxy groups -OCH3 is 1. The van der Waals surface area contributed by atoms with Crippen LogP contribution in [0.15, 0.2) is 24.3 Å². The SMILES string of the molecule is COc1ccccc1C(C)(C)NC(=O)[C@@H]1CCC[C@@H]1CN.Cl. The van der Waals surface area contributed by atoms with Crippen molar-refractivity contribution in [2.24, 2.45) is 17.6 Å². The predicted octanol–water partition coefficient (Wildman–Crippen LogP) is 2.84. The first kappa shape index (κ1) is 18.8. The van der Waals surface area contributed by atoms with E-state index in [1.807, 2.05) is 38.1 Å². The highest BCUT2D eigenvalue weighted by Gasteiger charge is 2.35. The smallest absolute Gasteiger partial charge is 0.224 e. The molecule has 3 N–H and O–H groups in total. The Balaban J connectivity index is 0.00000242. The predicted molar refractivity (Wildman–Crippen MR) is 91.3 cm³/mol. The minimum Gasteiger partial charge on any atom is -0.496 e. The Morgan fingerprint density at radius 1 is 1.36 bits per heavy atom. The summed E-state index contributed by atoms with van der Waals surface area (Å²) in [6.07, 6.45) is 3.09. The fourth-order valence-electron chi connectivity index (χ4n) is 3.29. The molecular formula is C17H27ClN2O2. The van der Waals surface area contributed by atoms with Crippen molar-refractivity contribution in [3.63, 3.8) is 0 Å². The van der Waals surface area contributed by atoms with Crippen LogP contribution in [0.2, 0.25) is 0 Å². The second-order valence-electron chi connectivity index (χ2n) is 6.35. The van der Waals surface area contributed by atoms with E-state index in [-0.39, 0.29) is 24.2 Å². The molecular weight excluding hydrogens is 300 g/mol. The largest absolute Gasteiger partial charge is 0.496 e. The molecule has 1 aliphatic rings. The number of amides is 1. The molecule has 0 spiro atoms. The van der Waals surface area contributed by atoms with Crippen molar-refractivity contribution in [3.8, 4) is 5.75 Å². The second kappa shape index (κ2) is 7.84. The number of benzene rings is 1. The highest BCUT2D eigenvalue weighted by atomic mass is 35.5. The molecule has 1 fully saturated rings. The van der Waals surface area contributed by atoms with E-state index in [9.17, 15) is 4.79 Å². The summed E-state index contributed by atoms with van der Waals surface area (Å²) in [7, 11) is 1.65. The third kappa shape index (κ3) is 3.93. The van der Waals surface area contributed by atoms with Gasteiger partial charge in [-0.15, -0.1) is 12.4 Å². The summed E-state index contributed by atoms with van der Waals surface area (Å²) >= 11 is 0. The Bertz CT molecular complexity index is 505. The molecule has 0 heterocycles. The molecule has 2 atom stereocenters. The fourth-order valence-corrected chi connectivity index (χ4v) is 3.29. The number of nitrogens with one attached hydrogen (secondary N) is 1. The molecule has 124 valence electrons. The number of nitrogens with two attached hydrogens (primary N) is 1. The van der Waals surface area contributed by atoms with Crippen LogP contribution in [0.3, 0.4) is 0 Å². The molecule has 22 heavy (non-hydrogen) atoms. The number of halogens is 1. The molecule has 0 saturated heterocycles. The van der Waals surface area contributed by atoms with Crippen molar-refractivity contribution >= 4 is 18.3 Å². The van der Waals surface area contributed by atoms with E-state index in [4.69, 9.17) is 10.5 Å². The zero-order valence-corrected chi connectivity index (χ0v) is 14.4. The molecule has 1 aromatic carbocycles. The lowest BCUT2D eigenvalue weighted by Gasteiger charge is -2.31. The molecule has 1 amide bonds. The number of carbonyl (C=O) groups excluding carboxylic acids is 1. The van der Waals surface area contributed by atoms with Crippen molar-refractivity contribution in [3.05, 3.63) is 29.8 Å². The van der Waals surface area contributed by atoms with Crippen molar-refractivity contribution in [1.82, 2.24) is 5.32 Å². The zero-order chi connectivity index (χ0) is 15.5. The first-order valence-electron chi connectivity index (χ1n) is 7.65. The Morgan fingerprint density at radius 3 is 2.68 bits per heavy atom. The number of hydrogen-bond acceptors (Lipinski definition) is 3. The van der Waals surface area contributed by atoms with Gasteiger partial charge >= 0.3 is 0 Å². The number of ether oxygens (including phenoxy) is 1. The summed E-state index contributed by atoms with van der Waals surface area (Å²) < 4.78 is 5.41. The number of para-hydroxylation sites is 1. The molecule has 1 aromatic rings. The molecule has 0 aromatic heterocycles. The lowest BCUT2D eigenvalue weighted by molar-refractivity contribution is -0.127. The van der Waals surface area contributed by atoms with Gasteiger partial charge in [-0.2, -0.15) is 0 Å². The molecule has 0 radical (unpaired) electrons. The van der Waals surface area contributed by atoms with Crippen LogP contribution in [-0.4, -0.2) is 19.6 Å². The average molecular weight is 327 g/mol. The summed E-state index contributed by atoms with van der Waals surface area (Å²) in [6, 6.07) is 7.81. The summed E-state index contributed by atoms with van der Waals surface area (Å²) in [5.41, 5.74) is 6.30. The zero-order valence-electron chi connectivity index (χ0n) is 13.6. The second-order valence-corrected chi connectivity index (χ2v) is 6.35. The van der Waals surface area contributed by atoms with Crippen LogP contribution < -0.4 is 15.8 Å². The molecule has 5 heteroatoms. The van der Waals surface area contributed by atoms with Gasteiger partial charge in [-0.3, -0.25) is 4.79 Å². The highest BCUT2D eigenvalue weighted by molar-refractivity contribution is 5.85. The lowest BCUT2D eigenvalue weighted by atomic mass is 9.90. The number of rotatable bonds is 5. The maximum atomic E-state index is 12.6. The van der Waals surface area contributed by atoms with E-state index < -0.39 is 5.54 Å². The maximum Gasteiger partial charge on any atom is 0.224 e. The van der Waals surface area contributed by atoms with E-state index in [1.54, 1.807) is 7.11 Å². The summed E-state index contributed by atoms with van der Waals surface area (Å²) in [6.45, 7) is 4.61. The van der Waals surface area contributed by atoms with Gasteiger partial charge < -0.3 is 15.8 Å². The molecule has 1 aliphatic carbocycles. The summed E-state index contributed by atoms with van der Waals surface area (Å²) in [4.78, 5) is 12.6. The number of carbonyl (C=O) groups is 1. The van der Waals surface area contributed by atoms with Gasteiger partial charge in [0.2, 0.25) is 5.91 Å². The molecule has 0 bridgehead atoms. The first-order chi connectivity index (χ1) is 9.99. The monoisotopic (exact) mass is 326 g/mol. The third-order valence-corrected chi connectivity index (χ3v) is 4.51. The van der Waals surface area contributed by atoms with E-state index in [1.165, 1.54) is 0 Å². The van der Waals surface area contributed by atoms with Gasteiger partial charge in [0.25, 0.3) is 0 Å². The van der Waals surface area contributed by atoms with E-state index in [2.05, 4.69) is 5.32 Å². The fraction of sp³-hybridized carbons (Fsp3) is 0.588. The Kier molecular flexibility index (Phi) is 6.69. The van der Waals surface area contributed by atoms with Crippen molar-refractivity contribution < 1.29 is 9.53 Å². The number of hydrogen-bond donors (Lipinski definition) is 2. The highest BCUT2D eigenvalue weighted by Crippen LogP contribution is 2.34. The van der Waals surface area contributed by atoms with E-state index in [0.717, 1.165) is 30.6 Å².